The van der Waals surface area contributed by atoms with Crippen molar-refractivity contribution in [2.24, 2.45) is 9.98 Å². The van der Waals surface area contributed by atoms with Crippen LogP contribution in [0.2, 0.25) is 0 Å². The van der Waals surface area contributed by atoms with Gasteiger partial charge in [-0.05, 0) is 58.7 Å². The number of hydrogen-bond acceptors (Lipinski definition) is 10. The molecule has 58 heavy (non-hydrogen) atoms. The summed E-state index contributed by atoms with van der Waals surface area (Å²) in [5.74, 6) is 2.27. The number of amides is 2. The van der Waals surface area contributed by atoms with Gasteiger partial charge in [0.2, 0.25) is 0 Å². The van der Waals surface area contributed by atoms with E-state index in [0.29, 0.717) is 83.7 Å². The van der Waals surface area contributed by atoms with Crippen LogP contribution in [0, 0.1) is 0 Å². The summed E-state index contributed by atoms with van der Waals surface area (Å²) < 4.78 is 28.8. The van der Waals surface area contributed by atoms with Crippen LogP contribution in [-0.4, -0.2) is 80.7 Å². The molecule has 0 aromatic heterocycles. The first-order chi connectivity index (χ1) is 28.3. The maximum absolute atomic E-state index is 13.7. The average Bonchev–Trinajstić information content (AvgIpc) is 3.85. The SMILES string of the molecule is CC.CC.COc1ccc(C2=CN3C(=O)c4cc(OC)c(OCCCOc5cc6c(cc5OC)C(=O)N5C=C(c7ccc(N)cc7)CC5C=N6)cc4N=CC3C2)cc1. The Morgan fingerprint density at radius 3 is 1.45 bits per heavy atom. The van der Waals surface area contributed by atoms with Crippen molar-refractivity contribution in [3.05, 3.63) is 107 Å². The van der Waals surface area contributed by atoms with Gasteiger partial charge in [0.1, 0.15) is 5.75 Å². The number of ether oxygens (including phenoxy) is 5. The zero-order valence-electron chi connectivity index (χ0n) is 34.2. The summed E-state index contributed by atoms with van der Waals surface area (Å²) in [5, 5.41) is 0. The number of rotatable bonds is 11. The number of nitrogens with two attached hydrogens (primary N) is 1. The molecule has 2 amide bonds. The normalized spacial score (nSPS) is 17.1. The van der Waals surface area contributed by atoms with Crippen LogP contribution in [0.1, 0.15) is 78.8 Å². The molecule has 0 saturated carbocycles. The van der Waals surface area contributed by atoms with Crippen molar-refractivity contribution < 1.29 is 33.3 Å². The predicted octanol–water partition coefficient (Wildman–Crippen LogP) is 9.14. The van der Waals surface area contributed by atoms with Crippen molar-refractivity contribution >= 4 is 52.5 Å². The lowest BCUT2D eigenvalue weighted by Crippen LogP contribution is -2.32. The Hall–Kier alpha value is -6.56. The fourth-order valence-electron chi connectivity index (χ4n) is 7.07. The third kappa shape index (κ3) is 8.41. The largest absolute Gasteiger partial charge is 0.497 e. The van der Waals surface area contributed by atoms with Gasteiger partial charge in [0.05, 0.1) is 69.1 Å². The minimum atomic E-state index is -0.203. The van der Waals surface area contributed by atoms with Gasteiger partial charge >= 0.3 is 0 Å². The molecule has 302 valence electrons. The van der Waals surface area contributed by atoms with Gasteiger partial charge in [0.15, 0.2) is 23.0 Å². The fraction of sp³-hybridized carbons (Fsp3) is 0.304. The summed E-state index contributed by atoms with van der Waals surface area (Å²) in [6.45, 7) is 8.61. The molecule has 0 spiro atoms. The molecule has 0 saturated heterocycles. The molecule has 2 unspecified atom stereocenters. The van der Waals surface area contributed by atoms with Gasteiger partial charge in [-0.15, -0.1) is 0 Å². The summed E-state index contributed by atoms with van der Waals surface area (Å²) in [6.07, 6.45) is 9.22. The highest BCUT2D eigenvalue weighted by atomic mass is 16.5. The zero-order valence-corrected chi connectivity index (χ0v) is 34.2. The first-order valence-corrected chi connectivity index (χ1v) is 19.7. The van der Waals surface area contributed by atoms with E-state index in [9.17, 15) is 9.59 Å². The first kappa shape index (κ1) is 41.1. The number of benzene rings is 4. The van der Waals surface area contributed by atoms with Crippen molar-refractivity contribution in [1.82, 2.24) is 9.80 Å². The Balaban J connectivity index is 0.00000138. The third-order valence-corrected chi connectivity index (χ3v) is 9.97. The van der Waals surface area contributed by atoms with Crippen LogP contribution in [0.15, 0.2) is 95.2 Å². The molecule has 0 radical (unpaired) electrons. The number of carbonyl (C=O) groups is 2. The van der Waals surface area contributed by atoms with E-state index in [1.807, 2.05) is 94.8 Å². The van der Waals surface area contributed by atoms with Crippen LogP contribution in [0.5, 0.6) is 28.7 Å². The van der Waals surface area contributed by atoms with E-state index in [1.54, 1.807) is 54.5 Å². The molecule has 12 nitrogen and oxygen atoms in total. The van der Waals surface area contributed by atoms with Crippen molar-refractivity contribution in [2.75, 3.05) is 40.3 Å². The van der Waals surface area contributed by atoms with E-state index in [1.165, 1.54) is 7.11 Å². The van der Waals surface area contributed by atoms with E-state index >= 15 is 0 Å². The van der Waals surface area contributed by atoms with Gasteiger partial charge in [-0.2, -0.15) is 0 Å². The molecule has 12 heteroatoms. The number of nitrogen functional groups attached to an aromatic ring is 1. The lowest BCUT2D eigenvalue weighted by atomic mass is 10.0. The molecule has 4 aromatic carbocycles. The van der Waals surface area contributed by atoms with Crippen LogP contribution in [0.25, 0.3) is 11.1 Å². The number of nitrogens with zero attached hydrogens (tertiary/aromatic N) is 4. The minimum absolute atomic E-state index is 0.158. The molecule has 0 fully saturated rings. The van der Waals surface area contributed by atoms with E-state index < -0.39 is 0 Å². The van der Waals surface area contributed by atoms with E-state index in [-0.39, 0.29) is 23.9 Å². The molecule has 8 rings (SSSR count). The van der Waals surface area contributed by atoms with Crippen LogP contribution in [-0.2, 0) is 0 Å². The second-order valence-corrected chi connectivity index (χ2v) is 13.3. The lowest BCUT2D eigenvalue weighted by molar-refractivity contribution is 0.0809. The Kier molecular flexibility index (Phi) is 13.2. The molecule has 2 atom stereocenters. The number of aliphatic imine (C=N–C) groups is 2. The predicted molar refractivity (Wildman–Crippen MR) is 230 cm³/mol. The Morgan fingerprint density at radius 2 is 1.03 bits per heavy atom. The average molecular weight is 786 g/mol. The Bertz CT molecular complexity index is 2250. The summed E-state index contributed by atoms with van der Waals surface area (Å²) in [5.41, 5.74) is 12.6. The van der Waals surface area contributed by atoms with Gasteiger partial charge in [-0.25, -0.2) is 0 Å². The number of carbonyl (C=O) groups excluding carboxylic acids is 2. The van der Waals surface area contributed by atoms with Gasteiger partial charge < -0.3 is 39.2 Å². The minimum Gasteiger partial charge on any atom is -0.497 e. The number of anilines is 1. The van der Waals surface area contributed by atoms with Crippen molar-refractivity contribution in [3.8, 4) is 28.7 Å². The Labute approximate surface area is 340 Å². The zero-order chi connectivity index (χ0) is 41.3. The molecule has 4 heterocycles. The molecule has 4 aliphatic rings. The monoisotopic (exact) mass is 785 g/mol. The maximum Gasteiger partial charge on any atom is 0.260 e. The van der Waals surface area contributed by atoms with Gasteiger partial charge in [-0.1, -0.05) is 52.0 Å². The van der Waals surface area contributed by atoms with E-state index in [2.05, 4.69) is 4.99 Å². The highest BCUT2D eigenvalue weighted by Crippen LogP contribution is 2.42. The van der Waals surface area contributed by atoms with Crippen LogP contribution in [0.3, 0.4) is 0 Å². The van der Waals surface area contributed by atoms with E-state index in [4.69, 9.17) is 34.4 Å². The second kappa shape index (κ2) is 18.6. The molecular formula is C46H51N5O7. The first-order valence-electron chi connectivity index (χ1n) is 19.7. The quantitative estimate of drug-likeness (QED) is 0.117. The molecule has 2 N–H and O–H groups in total. The van der Waals surface area contributed by atoms with E-state index in [0.717, 1.165) is 28.0 Å². The van der Waals surface area contributed by atoms with Gasteiger partial charge in [-0.3, -0.25) is 19.6 Å². The summed E-state index contributed by atoms with van der Waals surface area (Å²) >= 11 is 0. The molecule has 4 aromatic rings. The van der Waals surface area contributed by atoms with Crippen LogP contribution in [0.4, 0.5) is 17.1 Å². The number of methoxy groups -OCH3 is 3. The lowest BCUT2D eigenvalue weighted by Gasteiger charge is -2.19. The Morgan fingerprint density at radius 1 is 0.603 bits per heavy atom. The number of fused-ring (bicyclic) bond motifs is 4. The molecule has 0 bridgehead atoms. The molecule has 4 aliphatic heterocycles. The smallest absolute Gasteiger partial charge is 0.260 e. The molecule has 0 aliphatic carbocycles. The van der Waals surface area contributed by atoms with Crippen molar-refractivity contribution in [3.63, 3.8) is 0 Å². The summed E-state index contributed by atoms with van der Waals surface area (Å²) in [6, 6.07) is 21.9. The standard InChI is InChI=1S/C42H39N5O7.2C2H6/c1-50-32-11-7-26(8-12-32)28-16-31-22-45-36-20-40(38(52-3)18-34(36)42(49)47(31)24-28)54-14-4-13-53-39-19-35-33(17-37(39)51-2)41(48)46-23-27(15-30(46)21-44-35)25-5-9-29(43)10-6-25;2*1-2/h5-12,17-24,30-31H,4,13-16,43H2,1-3H3;2*1-2H3. The van der Waals surface area contributed by atoms with Gasteiger partial charge in [0, 0.05) is 61.9 Å². The fourth-order valence-corrected chi connectivity index (χ4v) is 7.07. The van der Waals surface area contributed by atoms with Gasteiger partial charge in [0.25, 0.3) is 11.8 Å². The summed E-state index contributed by atoms with van der Waals surface area (Å²) in [4.78, 5) is 40.3. The third-order valence-electron chi connectivity index (χ3n) is 9.97. The summed E-state index contributed by atoms with van der Waals surface area (Å²) in [7, 11) is 4.72. The highest BCUT2D eigenvalue weighted by molar-refractivity contribution is 6.06. The number of hydrogen-bond donors (Lipinski definition) is 1. The highest BCUT2D eigenvalue weighted by Gasteiger charge is 2.35. The van der Waals surface area contributed by atoms with Crippen LogP contribution < -0.4 is 29.4 Å². The maximum atomic E-state index is 13.7. The topological polar surface area (TPSA) is 138 Å². The molecular weight excluding hydrogens is 735 g/mol. The van der Waals surface area contributed by atoms with Crippen molar-refractivity contribution in [1.29, 1.82) is 0 Å². The van der Waals surface area contributed by atoms with Crippen molar-refractivity contribution in [2.45, 2.75) is 59.0 Å². The van der Waals surface area contributed by atoms with Crippen LogP contribution >= 0.6 is 0 Å². The second-order valence-electron chi connectivity index (χ2n) is 13.3.